The third-order valence-electron chi connectivity index (χ3n) is 3.58. The smallest absolute Gasteiger partial charge is 0.348 e. The molecule has 2 aromatic rings. The van der Waals surface area contributed by atoms with Gasteiger partial charge in [0.2, 0.25) is 0 Å². The first-order valence-corrected chi connectivity index (χ1v) is 8.91. The van der Waals surface area contributed by atoms with Gasteiger partial charge < -0.3 is 9.47 Å². The van der Waals surface area contributed by atoms with Crippen LogP contribution < -0.4 is 11.2 Å². The van der Waals surface area contributed by atoms with Crippen LogP contribution in [0.15, 0.2) is 9.59 Å². The predicted molar refractivity (Wildman–Crippen MR) is 97.9 cm³/mol. The topological polar surface area (TPSA) is 96.6 Å². The molecule has 0 fully saturated rings. The molecule has 9 heteroatoms. The molecule has 0 aliphatic carbocycles. The number of ether oxygens (including phenoxy) is 2. The Bertz CT molecular complexity index is 990. The molecule has 8 nitrogen and oxygen atoms in total. The van der Waals surface area contributed by atoms with Crippen molar-refractivity contribution in [3.63, 3.8) is 0 Å². The van der Waals surface area contributed by atoms with Gasteiger partial charge in [-0.3, -0.25) is 14.2 Å². The van der Waals surface area contributed by atoms with Gasteiger partial charge in [-0.15, -0.1) is 11.3 Å². The summed E-state index contributed by atoms with van der Waals surface area (Å²) in [5.74, 6) is -1.23. The predicted octanol–water partition coefficient (Wildman–Crippen LogP) is 1.59. The van der Waals surface area contributed by atoms with Gasteiger partial charge in [-0.2, -0.15) is 0 Å². The summed E-state index contributed by atoms with van der Waals surface area (Å²) in [5.41, 5.74) is -1.57. The van der Waals surface area contributed by atoms with E-state index in [2.05, 4.69) is 0 Å². The minimum atomic E-state index is -0.731. The molecule has 0 aromatic carbocycles. The number of aromatic nitrogens is 2. The Morgan fingerprint density at radius 1 is 1.19 bits per heavy atom. The minimum absolute atomic E-state index is 0.203. The maximum Gasteiger partial charge on any atom is 0.348 e. The molecule has 0 saturated heterocycles. The van der Waals surface area contributed by atoms with Crippen LogP contribution in [0.3, 0.4) is 0 Å². The number of fused-ring (bicyclic) bond motifs is 1. The van der Waals surface area contributed by atoms with Crippen molar-refractivity contribution in [1.29, 1.82) is 0 Å². The van der Waals surface area contributed by atoms with Crippen molar-refractivity contribution >= 4 is 33.5 Å². The second-order valence-corrected chi connectivity index (χ2v) is 7.78. The maximum atomic E-state index is 12.8. The van der Waals surface area contributed by atoms with Crippen molar-refractivity contribution in [2.24, 2.45) is 7.05 Å². The van der Waals surface area contributed by atoms with Crippen LogP contribution >= 0.6 is 11.3 Å². The van der Waals surface area contributed by atoms with E-state index >= 15 is 0 Å². The van der Waals surface area contributed by atoms with E-state index in [1.807, 2.05) is 0 Å². The summed E-state index contributed by atoms with van der Waals surface area (Å²) in [7, 11) is 1.49. The van der Waals surface area contributed by atoms with E-state index in [-0.39, 0.29) is 16.9 Å². The molecule has 0 atom stereocenters. The molecule has 2 heterocycles. The van der Waals surface area contributed by atoms with Crippen LogP contribution in [0, 0.1) is 6.92 Å². The average molecular weight is 382 g/mol. The van der Waals surface area contributed by atoms with Crippen LogP contribution in [-0.2, 0) is 27.9 Å². The Labute approximate surface area is 154 Å². The number of nitrogens with zero attached hydrogens (tertiary/aromatic N) is 2. The number of rotatable bonds is 4. The summed E-state index contributed by atoms with van der Waals surface area (Å²) in [6, 6.07) is 0. The fraction of sp³-hybridized carbons (Fsp3) is 0.529. The van der Waals surface area contributed by atoms with E-state index in [4.69, 9.17) is 9.47 Å². The number of esters is 2. The lowest BCUT2D eigenvalue weighted by molar-refractivity contribution is -0.155. The summed E-state index contributed by atoms with van der Waals surface area (Å²) in [4.78, 5) is 50.1. The maximum absolute atomic E-state index is 12.8. The molecular formula is C17H22N2O6S. The summed E-state index contributed by atoms with van der Waals surface area (Å²) in [6.07, 6.45) is 0. The first-order chi connectivity index (χ1) is 12.0. The second-order valence-electron chi connectivity index (χ2n) is 6.78. The molecule has 0 amide bonds. The quantitative estimate of drug-likeness (QED) is 0.745. The fourth-order valence-corrected chi connectivity index (χ4v) is 3.66. The van der Waals surface area contributed by atoms with E-state index < -0.39 is 35.3 Å². The number of carbonyl (C=O) groups excluding carboxylic acids is 2. The van der Waals surface area contributed by atoms with Gasteiger partial charge >= 0.3 is 17.6 Å². The van der Waals surface area contributed by atoms with Gasteiger partial charge in [-0.25, -0.2) is 14.2 Å². The zero-order chi connectivity index (χ0) is 19.8. The van der Waals surface area contributed by atoms with Crippen molar-refractivity contribution in [1.82, 2.24) is 9.13 Å². The zero-order valence-corrected chi connectivity index (χ0v) is 16.5. The Morgan fingerprint density at radius 2 is 1.81 bits per heavy atom. The Morgan fingerprint density at radius 3 is 2.35 bits per heavy atom. The zero-order valence-electron chi connectivity index (χ0n) is 15.7. The molecular weight excluding hydrogens is 360 g/mol. The highest BCUT2D eigenvalue weighted by molar-refractivity contribution is 7.20. The van der Waals surface area contributed by atoms with Gasteiger partial charge in [0.1, 0.15) is 21.9 Å². The van der Waals surface area contributed by atoms with Crippen LogP contribution in [0.1, 0.15) is 42.9 Å². The molecule has 0 radical (unpaired) electrons. The van der Waals surface area contributed by atoms with Crippen molar-refractivity contribution in [3.8, 4) is 0 Å². The molecule has 26 heavy (non-hydrogen) atoms. The molecule has 0 N–H and O–H groups in total. The largest absolute Gasteiger partial charge is 0.462 e. The van der Waals surface area contributed by atoms with Gasteiger partial charge in [0, 0.05) is 7.05 Å². The van der Waals surface area contributed by atoms with E-state index in [1.54, 1.807) is 34.6 Å². The molecule has 0 bridgehead atoms. The molecule has 2 aromatic heterocycles. The average Bonchev–Trinajstić information content (AvgIpc) is 2.86. The monoisotopic (exact) mass is 382 g/mol. The second kappa shape index (κ2) is 7.06. The highest BCUT2D eigenvalue weighted by Crippen LogP contribution is 2.28. The SMILES string of the molecule is CCOC(=O)c1sc2c(c1C)c(=O)n(CC(=O)OC(C)(C)C)c(=O)n2C. The number of hydrogen-bond donors (Lipinski definition) is 0. The van der Waals surface area contributed by atoms with Crippen LogP contribution in [0.25, 0.3) is 10.2 Å². The lowest BCUT2D eigenvalue weighted by Gasteiger charge is -2.19. The Kier molecular flexibility index (Phi) is 5.41. The van der Waals surface area contributed by atoms with Crippen LogP contribution in [0.2, 0.25) is 0 Å². The van der Waals surface area contributed by atoms with Gasteiger partial charge in [-0.1, -0.05) is 0 Å². The van der Waals surface area contributed by atoms with E-state index in [0.29, 0.717) is 10.4 Å². The van der Waals surface area contributed by atoms with Crippen LogP contribution in [0.4, 0.5) is 0 Å². The normalized spacial score (nSPS) is 11.6. The first-order valence-electron chi connectivity index (χ1n) is 8.09. The number of aryl methyl sites for hydroxylation is 2. The molecule has 2 rings (SSSR count). The molecule has 0 unspecified atom stereocenters. The molecule has 142 valence electrons. The standard InChI is InChI=1S/C17H22N2O6S/c1-7-24-15(22)12-9(2)11-13(21)19(8-10(20)25-17(3,4)5)16(23)18(6)14(11)26-12/h7-8H2,1-6H3. The van der Waals surface area contributed by atoms with E-state index in [9.17, 15) is 19.2 Å². The third-order valence-corrected chi connectivity index (χ3v) is 4.93. The van der Waals surface area contributed by atoms with Crippen molar-refractivity contribution in [2.75, 3.05) is 6.61 Å². The molecule has 0 spiro atoms. The highest BCUT2D eigenvalue weighted by atomic mass is 32.1. The molecule has 0 aliphatic rings. The Balaban J connectivity index is 2.63. The molecule has 0 aliphatic heterocycles. The number of hydrogen-bond acceptors (Lipinski definition) is 7. The lowest BCUT2D eigenvalue weighted by atomic mass is 10.2. The van der Waals surface area contributed by atoms with Crippen molar-refractivity contribution in [2.45, 2.75) is 46.8 Å². The molecule has 0 saturated carbocycles. The minimum Gasteiger partial charge on any atom is -0.462 e. The van der Waals surface area contributed by atoms with E-state index in [1.165, 1.54) is 11.6 Å². The summed E-state index contributed by atoms with van der Waals surface area (Å²) in [6.45, 7) is 8.10. The number of carbonyl (C=O) groups is 2. The fourth-order valence-electron chi connectivity index (χ4n) is 2.51. The van der Waals surface area contributed by atoms with Crippen molar-refractivity contribution in [3.05, 3.63) is 31.3 Å². The van der Waals surface area contributed by atoms with Gasteiger partial charge in [0.25, 0.3) is 5.56 Å². The van der Waals surface area contributed by atoms with Crippen LogP contribution in [-0.4, -0.2) is 33.3 Å². The van der Waals surface area contributed by atoms with Gasteiger partial charge in [0.05, 0.1) is 12.0 Å². The summed E-state index contributed by atoms with van der Waals surface area (Å²) >= 11 is 1.02. The van der Waals surface area contributed by atoms with Crippen LogP contribution in [0.5, 0.6) is 0 Å². The number of thiophene rings is 1. The summed E-state index contributed by atoms with van der Waals surface area (Å²) < 4.78 is 12.3. The first kappa shape index (κ1) is 19.9. The van der Waals surface area contributed by atoms with Crippen molar-refractivity contribution < 1.29 is 19.1 Å². The Hall–Kier alpha value is -2.42. The lowest BCUT2D eigenvalue weighted by Crippen LogP contribution is -2.41. The third kappa shape index (κ3) is 3.72. The highest BCUT2D eigenvalue weighted by Gasteiger charge is 2.24. The summed E-state index contributed by atoms with van der Waals surface area (Å²) in [5, 5.41) is 0.226. The van der Waals surface area contributed by atoms with E-state index in [0.717, 1.165) is 15.9 Å². The van der Waals surface area contributed by atoms with Gasteiger partial charge in [-0.05, 0) is 40.2 Å². The van der Waals surface area contributed by atoms with Gasteiger partial charge in [0.15, 0.2) is 0 Å².